The third kappa shape index (κ3) is 2.73. The van der Waals surface area contributed by atoms with Gasteiger partial charge in [0.1, 0.15) is 0 Å². The van der Waals surface area contributed by atoms with Crippen LogP contribution in [0.25, 0.3) is 0 Å². The number of nitrogens with zero attached hydrogens (tertiary/aromatic N) is 1. The van der Waals surface area contributed by atoms with Crippen LogP contribution < -0.4 is 5.32 Å². The zero-order chi connectivity index (χ0) is 14.6. The standard InChI is InChI=1S/C16H30N2O2/c1-4-10-18(15(19)12-17-3)13-11-14(20-5-2)16(13)8-6-7-9-16/h13-14,17H,4-12H2,1-3H3. The fourth-order valence-electron chi connectivity index (χ4n) is 4.24. The van der Waals surface area contributed by atoms with E-state index in [1.165, 1.54) is 25.7 Å². The highest BCUT2D eigenvalue weighted by Crippen LogP contribution is 2.56. The molecule has 0 heterocycles. The van der Waals surface area contributed by atoms with Gasteiger partial charge in [0.05, 0.1) is 12.6 Å². The van der Waals surface area contributed by atoms with Crippen LogP contribution in [-0.2, 0) is 9.53 Å². The number of carbonyl (C=O) groups excluding carboxylic acids is 1. The first-order chi connectivity index (χ1) is 9.69. The molecule has 2 atom stereocenters. The Balaban J connectivity index is 2.10. The molecule has 0 radical (unpaired) electrons. The van der Waals surface area contributed by atoms with Gasteiger partial charge in [-0.2, -0.15) is 0 Å². The smallest absolute Gasteiger partial charge is 0.236 e. The van der Waals surface area contributed by atoms with Crippen LogP contribution in [0.15, 0.2) is 0 Å². The summed E-state index contributed by atoms with van der Waals surface area (Å²) in [5.41, 5.74) is 0.259. The predicted molar refractivity (Wildman–Crippen MR) is 80.7 cm³/mol. The minimum Gasteiger partial charge on any atom is -0.378 e. The second-order valence-corrected chi connectivity index (χ2v) is 6.25. The summed E-state index contributed by atoms with van der Waals surface area (Å²) in [7, 11) is 1.84. The Bertz CT molecular complexity index is 326. The van der Waals surface area contributed by atoms with E-state index in [1.807, 2.05) is 7.05 Å². The van der Waals surface area contributed by atoms with E-state index < -0.39 is 0 Å². The fraction of sp³-hybridized carbons (Fsp3) is 0.938. The Kier molecular flexibility index (Phi) is 5.44. The van der Waals surface area contributed by atoms with Crippen LogP contribution in [0.1, 0.15) is 52.4 Å². The maximum atomic E-state index is 12.4. The maximum absolute atomic E-state index is 12.4. The van der Waals surface area contributed by atoms with E-state index in [9.17, 15) is 4.79 Å². The normalized spacial score (nSPS) is 27.6. The van der Waals surface area contributed by atoms with Crippen molar-refractivity contribution >= 4 is 5.91 Å². The van der Waals surface area contributed by atoms with Gasteiger partial charge in [-0.15, -0.1) is 0 Å². The summed E-state index contributed by atoms with van der Waals surface area (Å²) in [4.78, 5) is 14.5. The number of rotatable bonds is 7. The number of nitrogens with one attached hydrogen (secondary N) is 1. The van der Waals surface area contributed by atoms with E-state index >= 15 is 0 Å². The van der Waals surface area contributed by atoms with Gasteiger partial charge >= 0.3 is 0 Å². The van der Waals surface area contributed by atoms with E-state index in [2.05, 4.69) is 24.1 Å². The van der Waals surface area contributed by atoms with E-state index in [0.29, 0.717) is 18.7 Å². The largest absolute Gasteiger partial charge is 0.378 e. The number of likely N-dealkylation sites (N-methyl/N-ethyl adjacent to an activating group) is 1. The van der Waals surface area contributed by atoms with E-state index in [1.54, 1.807) is 0 Å². The molecule has 0 aromatic heterocycles. The lowest BCUT2D eigenvalue weighted by atomic mass is 9.60. The zero-order valence-electron chi connectivity index (χ0n) is 13.3. The molecule has 0 aromatic rings. The number of ether oxygens (including phenoxy) is 1. The van der Waals surface area contributed by atoms with Crippen molar-refractivity contribution in [3.05, 3.63) is 0 Å². The van der Waals surface area contributed by atoms with Crippen molar-refractivity contribution in [1.82, 2.24) is 10.2 Å². The molecule has 1 spiro atoms. The summed E-state index contributed by atoms with van der Waals surface area (Å²) < 4.78 is 5.96. The van der Waals surface area contributed by atoms with E-state index in [0.717, 1.165) is 26.0 Å². The molecule has 1 N–H and O–H groups in total. The van der Waals surface area contributed by atoms with Crippen molar-refractivity contribution in [2.75, 3.05) is 26.7 Å². The fourth-order valence-corrected chi connectivity index (χ4v) is 4.24. The molecule has 0 aromatic carbocycles. The predicted octanol–water partition coefficient (Wildman–Crippen LogP) is 2.18. The van der Waals surface area contributed by atoms with Gasteiger partial charge in [-0.1, -0.05) is 19.8 Å². The number of amides is 1. The van der Waals surface area contributed by atoms with Crippen LogP contribution in [0.2, 0.25) is 0 Å². The molecule has 2 rings (SSSR count). The zero-order valence-corrected chi connectivity index (χ0v) is 13.3. The SMILES string of the molecule is CCCN(C(=O)CNC)C1CC(OCC)C12CCCC2. The Morgan fingerprint density at radius 2 is 2.05 bits per heavy atom. The summed E-state index contributed by atoms with van der Waals surface area (Å²) >= 11 is 0. The van der Waals surface area contributed by atoms with Crippen LogP contribution in [0, 0.1) is 5.41 Å². The molecule has 1 amide bonds. The van der Waals surface area contributed by atoms with Crippen LogP contribution in [0.4, 0.5) is 0 Å². The molecule has 0 bridgehead atoms. The van der Waals surface area contributed by atoms with Crippen molar-refractivity contribution in [2.45, 2.75) is 64.5 Å². The van der Waals surface area contributed by atoms with E-state index in [-0.39, 0.29) is 11.3 Å². The second-order valence-electron chi connectivity index (χ2n) is 6.25. The first-order valence-electron chi connectivity index (χ1n) is 8.25. The summed E-state index contributed by atoms with van der Waals surface area (Å²) in [5.74, 6) is 0.251. The van der Waals surface area contributed by atoms with Crippen molar-refractivity contribution < 1.29 is 9.53 Å². The number of hydrogen-bond acceptors (Lipinski definition) is 3. The molecule has 4 heteroatoms. The molecule has 4 nitrogen and oxygen atoms in total. The van der Waals surface area contributed by atoms with Gasteiger partial charge in [-0.3, -0.25) is 4.79 Å². The van der Waals surface area contributed by atoms with Crippen molar-refractivity contribution in [3.63, 3.8) is 0 Å². The second kappa shape index (κ2) is 6.90. The van der Waals surface area contributed by atoms with Gasteiger partial charge in [0.15, 0.2) is 0 Å². The van der Waals surface area contributed by atoms with Gasteiger partial charge in [0.2, 0.25) is 5.91 Å². The van der Waals surface area contributed by atoms with Gasteiger partial charge in [0.25, 0.3) is 0 Å². The molecule has 0 aliphatic heterocycles. The molecule has 2 unspecified atom stereocenters. The lowest BCUT2D eigenvalue weighted by Gasteiger charge is -2.57. The van der Waals surface area contributed by atoms with Gasteiger partial charge in [-0.25, -0.2) is 0 Å². The molecular weight excluding hydrogens is 252 g/mol. The van der Waals surface area contributed by atoms with Crippen molar-refractivity contribution in [3.8, 4) is 0 Å². The molecule has 0 saturated heterocycles. The topological polar surface area (TPSA) is 41.6 Å². The Morgan fingerprint density at radius 3 is 2.60 bits per heavy atom. The van der Waals surface area contributed by atoms with E-state index in [4.69, 9.17) is 4.74 Å². The number of carbonyl (C=O) groups is 1. The Hall–Kier alpha value is -0.610. The quantitative estimate of drug-likeness (QED) is 0.778. The lowest BCUT2D eigenvalue weighted by molar-refractivity contribution is -0.175. The van der Waals surface area contributed by atoms with Crippen LogP contribution in [0.5, 0.6) is 0 Å². The monoisotopic (exact) mass is 282 g/mol. The third-order valence-corrected chi connectivity index (χ3v) is 5.13. The van der Waals surface area contributed by atoms with Gasteiger partial charge in [0, 0.05) is 24.6 Å². The Labute approximate surface area is 123 Å². The van der Waals surface area contributed by atoms with Gasteiger partial charge in [-0.05, 0) is 39.7 Å². The molecule has 2 fully saturated rings. The first kappa shape index (κ1) is 15.8. The maximum Gasteiger partial charge on any atom is 0.236 e. The summed E-state index contributed by atoms with van der Waals surface area (Å²) in [6.45, 7) is 6.35. The van der Waals surface area contributed by atoms with Crippen LogP contribution in [0.3, 0.4) is 0 Å². The average Bonchev–Trinajstić information content (AvgIpc) is 2.94. The minimum absolute atomic E-state index is 0.251. The number of hydrogen-bond donors (Lipinski definition) is 1. The molecule has 2 aliphatic carbocycles. The molecule has 20 heavy (non-hydrogen) atoms. The summed E-state index contributed by atoms with van der Waals surface area (Å²) in [5, 5.41) is 3.00. The van der Waals surface area contributed by atoms with Crippen LogP contribution >= 0.6 is 0 Å². The lowest BCUT2D eigenvalue weighted by Crippen LogP contribution is -2.65. The van der Waals surface area contributed by atoms with Crippen LogP contribution in [-0.4, -0.2) is 49.7 Å². The minimum atomic E-state index is 0.251. The Morgan fingerprint density at radius 1 is 1.35 bits per heavy atom. The highest BCUT2D eigenvalue weighted by atomic mass is 16.5. The first-order valence-corrected chi connectivity index (χ1v) is 8.25. The van der Waals surface area contributed by atoms with Crippen molar-refractivity contribution in [1.29, 1.82) is 0 Å². The average molecular weight is 282 g/mol. The van der Waals surface area contributed by atoms with Gasteiger partial charge < -0.3 is 15.0 Å². The third-order valence-electron chi connectivity index (χ3n) is 5.13. The molecular formula is C16H30N2O2. The highest BCUT2D eigenvalue weighted by molar-refractivity contribution is 5.78. The molecule has 116 valence electrons. The summed E-state index contributed by atoms with van der Waals surface area (Å²) in [6.07, 6.45) is 7.48. The molecule has 2 aliphatic rings. The highest BCUT2D eigenvalue weighted by Gasteiger charge is 2.59. The summed E-state index contributed by atoms with van der Waals surface area (Å²) in [6, 6.07) is 0.405. The van der Waals surface area contributed by atoms with Crippen molar-refractivity contribution in [2.24, 2.45) is 5.41 Å². The molecule has 2 saturated carbocycles.